The third-order valence-electron chi connectivity index (χ3n) is 2.98. The summed E-state index contributed by atoms with van der Waals surface area (Å²) in [5, 5.41) is 24.8. The number of hydrogen-bond donors (Lipinski definition) is 1. The molecule has 0 fully saturated rings. The summed E-state index contributed by atoms with van der Waals surface area (Å²) in [5.74, 6) is 0.360. The van der Waals surface area contributed by atoms with Crippen LogP contribution in [0.1, 0.15) is 25.5 Å². The van der Waals surface area contributed by atoms with Gasteiger partial charge in [0.2, 0.25) is 5.82 Å². The summed E-state index contributed by atoms with van der Waals surface area (Å²) in [6, 6.07) is 0. The van der Waals surface area contributed by atoms with Crippen LogP contribution in [0.5, 0.6) is 0 Å². The molecule has 1 aromatic rings. The van der Waals surface area contributed by atoms with Crippen LogP contribution >= 0.6 is 0 Å². The van der Waals surface area contributed by atoms with Crippen molar-refractivity contribution in [1.82, 2.24) is 9.78 Å². The fourth-order valence-corrected chi connectivity index (χ4v) is 2.09. The number of hydrogen-bond acceptors (Lipinski definition) is 6. The van der Waals surface area contributed by atoms with E-state index in [4.69, 9.17) is 9.84 Å². The maximum atomic E-state index is 11.4. The van der Waals surface area contributed by atoms with E-state index in [0.29, 0.717) is 31.2 Å². The molecule has 0 aliphatic carbocycles. The highest BCUT2D eigenvalue weighted by molar-refractivity contribution is 5.62. The van der Waals surface area contributed by atoms with Crippen LogP contribution in [-0.4, -0.2) is 53.2 Å². The van der Waals surface area contributed by atoms with E-state index in [1.165, 1.54) is 4.68 Å². The number of aliphatic hydroxyl groups excluding tert-OH is 1. The molecule has 114 valence electrons. The summed E-state index contributed by atoms with van der Waals surface area (Å²) in [6.07, 6.45) is 0. The number of anilines is 1. The minimum absolute atomic E-state index is 0.00653. The first kappa shape index (κ1) is 16.4. The van der Waals surface area contributed by atoms with Crippen molar-refractivity contribution < 1.29 is 14.8 Å². The minimum Gasteiger partial charge on any atom is -0.395 e. The lowest BCUT2D eigenvalue weighted by Gasteiger charge is -2.22. The fourth-order valence-electron chi connectivity index (χ4n) is 2.09. The standard InChI is InChI=1S/C12H22N4O4/c1-9(2)10-11(16(18)19)12(14(3)13-10)15(5-7-17)6-8-20-4/h9,17H,5-8H2,1-4H3. The van der Waals surface area contributed by atoms with E-state index in [1.54, 1.807) is 19.1 Å². The molecule has 0 amide bonds. The maximum Gasteiger partial charge on any atom is 0.334 e. The Bertz CT molecular complexity index is 459. The Morgan fingerprint density at radius 3 is 2.60 bits per heavy atom. The second-order valence-electron chi connectivity index (χ2n) is 4.80. The Balaban J connectivity index is 3.28. The van der Waals surface area contributed by atoms with Gasteiger partial charge in [-0.05, 0) is 0 Å². The first-order valence-corrected chi connectivity index (χ1v) is 6.50. The van der Waals surface area contributed by atoms with Crippen LogP contribution in [0.4, 0.5) is 11.5 Å². The van der Waals surface area contributed by atoms with Crippen molar-refractivity contribution in [3.05, 3.63) is 15.8 Å². The molecule has 0 saturated heterocycles. The van der Waals surface area contributed by atoms with Crippen LogP contribution in [0.3, 0.4) is 0 Å². The highest BCUT2D eigenvalue weighted by Crippen LogP contribution is 2.35. The number of aryl methyl sites for hydroxylation is 1. The molecule has 8 nitrogen and oxygen atoms in total. The first-order chi connectivity index (χ1) is 9.43. The average Bonchev–Trinajstić information content (AvgIpc) is 2.72. The molecule has 0 aliphatic rings. The van der Waals surface area contributed by atoms with Gasteiger partial charge in [-0.25, -0.2) is 4.68 Å². The summed E-state index contributed by atoms with van der Waals surface area (Å²) in [5.41, 5.74) is 0.458. The smallest absolute Gasteiger partial charge is 0.334 e. The molecule has 0 unspecified atom stereocenters. The molecule has 0 aromatic carbocycles. The lowest BCUT2D eigenvalue weighted by Crippen LogP contribution is -2.32. The number of nitrogens with zero attached hydrogens (tertiary/aromatic N) is 4. The zero-order chi connectivity index (χ0) is 15.3. The van der Waals surface area contributed by atoms with Crippen LogP contribution in [0.2, 0.25) is 0 Å². The molecule has 0 saturated carbocycles. The van der Waals surface area contributed by atoms with Gasteiger partial charge in [-0.3, -0.25) is 10.1 Å². The zero-order valence-corrected chi connectivity index (χ0v) is 12.4. The molecule has 0 radical (unpaired) electrons. The van der Waals surface area contributed by atoms with Gasteiger partial charge >= 0.3 is 5.69 Å². The van der Waals surface area contributed by atoms with Crippen LogP contribution in [-0.2, 0) is 11.8 Å². The quantitative estimate of drug-likeness (QED) is 0.563. The van der Waals surface area contributed by atoms with Gasteiger partial charge in [0.15, 0.2) is 0 Å². The van der Waals surface area contributed by atoms with Crippen LogP contribution < -0.4 is 4.90 Å². The molecule has 8 heteroatoms. The van der Waals surface area contributed by atoms with Gasteiger partial charge in [0, 0.05) is 33.2 Å². The minimum atomic E-state index is -0.408. The van der Waals surface area contributed by atoms with Gasteiger partial charge in [-0.1, -0.05) is 13.8 Å². The second-order valence-corrected chi connectivity index (χ2v) is 4.80. The van der Waals surface area contributed by atoms with Gasteiger partial charge < -0.3 is 14.7 Å². The maximum absolute atomic E-state index is 11.4. The number of rotatable bonds is 8. The summed E-state index contributed by atoms with van der Waals surface area (Å²) < 4.78 is 6.51. The predicted molar refractivity (Wildman–Crippen MR) is 75.1 cm³/mol. The van der Waals surface area contributed by atoms with Crippen LogP contribution in [0.25, 0.3) is 0 Å². The van der Waals surface area contributed by atoms with Gasteiger partial charge in [0.05, 0.1) is 18.1 Å². The lowest BCUT2D eigenvalue weighted by atomic mass is 10.1. The van der Waals surface area contributed by atoms with Crippen molar-refractivity contribution >= 4 is 11.5 Å². The Morgan fingerprint density at radius 2 is 2.15 bits per heavy atom. The van der Waals surface area contributed by atoms with Crippen molar-refractivity contribution in [2.45, 2.75) is 19.8 Å². The van der Waals surface area contributed by atoms with E-state index in [0.717, 1.165) is 0 Å². The Morgan fingerprint density at radius 1 is 1.50 bits per heavy atom. The molecule has 1 N–H and O–H groups in total. The van der Waals surface area contributed by atoms with Gasteiger partial charge in [0.25, 0.3) is 0 Å². The molecule has 1 heterocycles. The van der Waals surface area contributed by atoms with E-state index in [1.807, 2.05) is 13.8 Å². The molecule has 0 bridgehead atoms. The van der Waals surface area contributed by atoms with Gasteiger partial charge in [-0.15, -0.1) is 0 Å². The van der Waals surface area contributed by atoms with Crippen LogP contribution in [0.15, 0.2) is 0 Å². The third-order valence-corrected chi connectivity index (χ3v) is 2.98. The topological polar surface area (TPSA) is 93.7 Å². The van der Waals surface area contributed by atoms with Crippen molar-refractivity contribution in [3.63, 3.8) is 0 Å². The molecular weight excluding hydrogens is 264 g/mol. The third kappa shape index (κ3) is 3.45. The first-order valence-electron chi connectivity index (χ1n) is 6.50. The van der Waals surface area contributed by atoms with Crippen LogP contribution in [0, 0.1) is 10.1 Å². The van der Waals surface area contributed by atoms with Gasteiger partial charge in [-0.2, -0.15) is 5.10 Å². The monoisotopic (exact) mass is 286 g/mol. The molecule has 0 spiro atoms. The van der Waals surface area contributed by atoms with Gasteiger partial charge in [0.1, 0.15) is 5.69 Å². The van der Waals surface area contributed by atoms with Crippen molar-refractivity contribution in [2.24, 2.45) is 7.05 Å². The van der Waals surface area contributed by atoms with E-state index in [2.05, 4.69) is 5.10 Å². The average molecular weight is 286 g/mol. The fraction of sp³-hybridized carbons (Fsp3) is 0.750. The van der Waals surface area contributed by atoms with E-state index in [-0.39, 0.29) is 18.2 Å². The number of aromatic nitrogens is 2. The number of ether oxygens (including phenoxy) is 1. The van der Waals surface area contributed by atoms with E-state index >= 15 is 0 Å². The Labute approximate surface area is 118 Å². The summed E-state index contributed by atoms with van der Waals surface area (Å²) >= 11 is 0. The largest absolute Gasteiger partial charge is 0.395 e. The van der Waals surface area contributed by atoms with Crippen molar-refractivity contribution in [2.75, 3.05) is 38.3 Å². The number of methoxy groups -OCH3 is 1. The van der Waals surface area contributed by atoms with Crippen molar-refractivity contribution in [3.8, 4) is 0 Å². The summed E-state index contributed by atoms with van der Waals surface area (Å²) in [6.45, 7) is 4.80. The van der Waals surface area contributed by atoms with Crippen molar-refractivity contribution in [1.29, 1.82) is 0 Å². The lowest BCUT2D eigenvalue weighted by molar-refractivity contribution is -0.385. The van der Waals surface area contributed by atoms with E-state index in [9.17, 15) is 10.1 Å². The second kappa shape index (κ2) is 7.20. The normalized spacial score (nSPS) is 11.1. The van der Waals surface area contributed by atoms with E-state index < -0.39 is 4.92 Å². The predicted octanol–water partition coefficient (Wildman–Crippen LogP) is 0.897. The summed E-state index contributed by atoms with van der Waals surface area (Å²) in [4.78, 5) is 12.7. The molecule has 0 atom stereocenters. The number of aliphatic hydroxyl groups is 1. The molecule has 0 aliphatic heterocycles. The highest BCUT2D eigenvalue weighted by atomic mass is 16.6. The Hall–Kier alpha value is -1.67. The Kier molecular flexibility index (Phi) is 5.90. The summed E-state index contributed by atoms with van der Waals surface area (Å²) in [7, 11) is 3.24. The molecule has 1 rings (SSSR count). The molecule has 20 heavy (non-hydrogen) atoms. The highest BCUT2D eigenvalue weighted by Gasteiger charge is 2.31. The number of nitro groups is 1. The molecular formula is C12H22N4O4. The SMILES string of the molecule is COCCN(CCO)c1c([N+](=O)[O-])c(C(C)C)nn1C. The molecule has 1 aromatic heterocycles. The zero-order valence-electron chi connectivity index (χ0n) is 12.4.